The van der Waals surface area contributed by atoms with Gasteiger partial charge in [0.05, 0.1) is 6.61 Å². The van der Waals surface area contributed by atoms with E-state index in [-0.39, 0.29) is 12.5 Å². The number of rotatable bonds is 9. The molecule has 17 heavy (non-hydrogen) atoms. The van der Waals surface area contributed by atoms with Gasteiger partial charge >= 0.3 is 0 Å². The van der Waals surface area contributed by atoms with Crippen molar-refractivity contribution >= 4 is 21.8 Å². The molecule has 0 spiro atoms. The van der Waals surface area contributed by atoms with Gasteiger partial charge in [-0.25, -0.2) is 0 Å². The molecule has 1 aliphatic heterocycles. The molecule has 0 saturated carbocycles. The zero-order chi connectivity index (χ0) is 12.3. The van der Waals surface area contributed by atoms with Crippen molar-refractivity contribution in [1.29, 1.82) is 0 Å². The molecule has 1 saturated heterocycles. The Morgan fingerprint density at radius 3 is 2.35 bits per heavy atom. The summed E-state index contributed by atoms with van der Waals surface area (Å²) in [5.41, 5.74) is 0. The molecule has 1 aliphatic rings. The van der Waals surface area contributed by atoms with Crippen molar-refractivity contribution in [3.05, 3.63) is 0 Å². The van der Waals surface area contributed by atoms with E-state index in [1.165, 1.54) is 38.5 Å². The molecule has 0 radical (unpaired) electrons. The topological polar surface area (TPSA) is 29.5 Å². The summed E-state index contributed by atoms with van der Waals surface area (Å²) in [6.07, 6.45) is 9.02. The highest BCUT2D eigenvalue weighted by molar-refractivity contribution is 9.09. The summed E-state index contributed by atoms with van der Waals surface area (Å²) in [7, 11) is 0. The van der Waals surface area contributed by atoms with Gasteiger partial charge in [-0.1, -0.05) is 48.0 Å². The molecule has 100 valence electrons. The van der Waals surface area contributed by atoms with Crippen LogP contribution in [0.5, 0.6) is 0 Å². The summed E-state index contributed by atoms with van der Waals surface area (Å²) in [6.45, 7) is 2.69. The third-order valence-corrected chi connectivity index (χ3v) is 3.71. The molecule has 0 atom stereocenters. The molecule has 1 amide bonds. The van der Waals surface area contributed by atoms with Crippen molar-refractivity contribution in [2.75, 3.05) is 31.6 Å². The number of alkyl halides is 1. The molecule has 1 rings (SSSR count). The van der Waals surface area contributed by atoms with Crippen LogP contribution in [0.4, 0.5) is 0 Å². The van der Waals surface area contributed by atoms with Gasteiger partial charge in [0.15, 0.2) is 0 Å². The molecule has 0 aromatic rings. The zero-order valence-corrected chi connectivity index (χ0v) is 12.2. The van der Waals surface area contributed by atoms with Gasteiger partial charge < -0.3 is 9.64 Å². The van der Waals surface area contributed by atoms with Crippen molar-refractivity contribution in [2.45, 2.75) is 44.9 Å². The fraction of sp³-hybridized carbons (Fsp3) is 0.923. The summed E-state index contributed by atoms with van der Waals surface area (Å²) < 4.78 is 5.10. The Bertz CT molecular complexity index is 212. The molecule has 0 aliphatic carbocycles. The van der Waals surface area contributed by atoms with Gasteiger partial charge in [0.25, 0.3) is 0 Å². The van der Waals surface area contributed by atoms with E-state index in [1.807, 2.05) is 4.90 Å². The Kier molecular flexibility index (Phi) is 8.71. The Morgan fingerprint density at radius 2 is 1.71 bits per heavy atom. The number of hydrogen-bond acceptors (Lipinski definition) is 2. The Labute approximate surface area is 113 Å². The largest absolute Gasteiger partial charge is 0.370 e. The van der Waals surface area contributed by atoms with E-state index < -0.39 is 0 Å². The highest BCUT2D eigenvalue weighted by Gasteiger charge is 2.17. The quantitative estimate of drug-likeness (QED) is 0.484. The van der Waals surface area contributed by atoms with E-state index in [2.05, 4.69) is 15.9 Å². The zero-order valence-electron chi connectivity index (χ0n) is 10.6. The standard InChI is InChI=1S/C13H24BrNO2/c14-8-6-4-2-1-3-5-7-9-15-10-11-17-12-13(15)16/h1-12H2. The lowest BCUT2D eigenvalue weighted by atomic mass is 10.1. The third-order valence-electron chi connectivity index (χ3n) is 3.15. The molecule has 4 heteroatoms. The fourth-order valence-corrected chi connectivity index (χ4v) is 2.46. The lowest BCUT2D eigenvalue weighted by Crippen LogP contribution is -2.41. The van der Waals surface area contributed by atoms with E-state index >= 15 is 0 Å². The van der Waals surface area contributed by atoms with Crippen molar-refractivity contribution in [2.24, 2.45) is 0 Å². The van der Waals surface area contributed by atoms with E-state index in [4.69, 9.17) is 4.74 Å². The van der Waals surface area contributed by atoms with Gasteiger partial charge in [0.1, 0.15) is 6.61 Å². The highest BCUT2D eigenvalue weighted by Crippen LogP contribution is 2.09. The van der Waals surface area contributed by atoms with Crippen LogP contribution in [0.15, 0.2) is 0 Å². The van der Waals surface area contributed by atoms with Crippen LogP contribution in [0.3, 0.4) is 0 Å². The molecular weight excluding hydrogens is 282 g/mol. The fourth-order valence-electron chi connectivity index (χ4n) is 2.07. The van der Waals surface area contributed by atoms with Crippen molar-refractivity contribution in [3.8, 4) is 0 Å². The average molecular weight is 306 g/mol. The number of unbranched alkanes of at least 4 members (excludes halogenated alkanes) is 6. The maximum atomic E-state index is 11.4. The molecule has 0 bridgehead atoms. The number of ether oxygens (including phenoxy) is 1. The smallest absolute Gasteiger partial charge is 0.248 e. The first kappa shape index (κ1) is 15.0. The SMILES string of the molecule is O=C1COCCN1CCCCCCCCCBr. The lowest BCUT2D eigenvalue weighted by molar-refractivity contribution is -0.142. The van der Waals surface area contributed by atoms with Crippen molar-refractivity contribution in [1.82, 2.24) is 4.90 Å². The Hall–Kier alpha value is -0.0900. The summed E-state index contributed by atoms with van der Waals surface area (Å²) >= 11 is 3.45. The second kappa shape index (κ2) is 9.89. The Morgan fingerprint density at radius 1 is 1.06 bits per heavy atom. The van der Waals surface area contributed by atoms with E-state index in [9.17, 15) is 4.79 Å². The van der Waals surface area contributed by atoms with Crippen LogP contribution in [0.1, 0.15) is 44.9 Å². The summed E-state index contributed by atoms with van der Waals surface area (Å²) in [6, 6.07) is 0. The van der Waals surface area contributed by atoms with Crippen molar-refractivity contribution in [3.63, 3.8) is 0 Å². The second-order valence-corrected chi connectivity index (χ2v) is 5.39. The van der Waals surface area contributed by atoms with Crippen molar-refractivity contribution < 1.29 is 9.53 Å². The van der Waals surface area contributed by atoms with Gasteiger partial charge in [0.2, 0.25) is 5.91 Å². The number of hydrogen-bond donors (Lipinski definition) is 0. The van der Waals surface area contributed by atoms with Gasteiger partial charge in [-0.2, -0.15) is 0 Å². The summed E-state index contributed by atoms with van der Waals surface area (Å²) in [5, 5.41) is 1.13. The normalized spacial score (nSPS) is 16.5. The van der Waals surface area contributed by atoms with E-state index in [0.717, 1.165) is 24.8 Å². The molecule has 1 fully saturated rings. The molecule has 0 unspecified atom stereocenters. The number of amides is 1. The number of carbonyl (C=O) groups excluding carboxylic acids is 1. The maximum absolute atomic E-state index is 11.4. The second-order valence-electron chi connectivity index (χ2n) is 4.60. The predicted octanol–water partition coefficient (Wildman–Crippen LogP) is 2.97. The third kappa shape index (κ3) is 7.04. The molecule has 0 N–H and O–H groups in total. The number of nitrogens with zero attached hydrogens (tertiary/aromatic N) is 1. The molecular formula is C13H24BrNO2. The molecule has 1 heterocycles. The lowest BCUT2D eigenvalue weighted by Gasteiger charge is -2.26. The molecule has 0 aromatic carbocycles. The van der Waals surface area contributed by atoms with Crippen LogP contribution in [-0.2, 0) is 9.53 Å². The highest BCUT2D eigenvalue weighted by atomic mass is 79.9. The monoisotopic (exact) mass is 305 g/mol. The van der Waals surface area contributed by atoms with Crippen LogP contribution in [0, 0.1) is 0 Å². The van der Waals surface area contributed by atoms with Crippen LogP contribution in [-0.4, -0.2) is 42.4 Å². The minimum absolute atomic E-state index is 0.161. The number of carbonyl (C=O) groups is 1. The average Bonchev–Trinajstić information content (AvgIpc) is 2.35. The first-order valence-corrected chi connectivity index (χ1v) is 7.88. The van der Waals surface area contributed by atoms with E-state index in [1.54, 1.807) is 0 Å². The minimum Gasteiger partial charge on any atom is -0.370 e. The summed E-state index contributed by atoms with van der Waals surface area (Å²) in [4.78, 5) is 13.4. The number of morpholine rings is 1. The number of halogens is 1. The summed E-state index contributed by atoms with van der Waals surface area (Å²) in [5.74, 6) is 0.161. The van der Waals surface area contributed by atoms with Gasteiger partial charge in [0, 0.05) is 18.4 Å². The minimum atomic E-state index is 0.161. The maximum Gasteiger partial charge on any atom is 0.248 e. The van der Waals surface area contributed by atoms with Crippen LogP contribution < -0.4 is 0 Å². The molecule has 3 nitrogen and oxygen atoms in total. The molecule has 0 aromatic heterocycles. The van der Waals surface area contributed by atoms with Crippen LogP contribution in [0.25, 0.3) is 0 Å². The van der Waals surface area contributed by atoms with Gasteiger partial charge in [-0.05, 0) is 12.8 Å². The van der Waals surface area contributed by atoms with Gasteiger partial charge in [-0.3, -0.25) is 4.79 Å². The van der Waals surface area contributed by atoms with Crippen LogP contribution in [0.2, 0.25) is 0 Å². The van der Waals surface area contributed by atoms with Crippen LogP contribution >= 0.6 is 15.9 Å². The Balaban J connectivity index is 1.88. The first-order chi connectivity index (χ1) is 8.34. The first-order valence-electron chi connectivity index (χ1n) is 6.76. The van der Waals surface area contributed by atoms with E-state index in [0.29, 0.717) is 6.61 Å². The predicted molar refractivity (Wildman–Crippen MR) is 73.5 cm³/mol. The van der Waals surface area contributed by atoms with Gasteiger partial charge in [-0.15, -0.1) is 0 Å².